The highest BCUT2D eigenvalue weighted by molar-refractivity contribution is 7.89. The minimum atomic E-state index is -3.49. The van der Waals surface area contributed by atoms with Gasteiger partial charge in [0, 0.05) is 31.2 Å². The SMILES string of the molecule is CCNCCNC(=O)c1ccc(S(=O)(=O)N2CCCCC2C)cc1. The van der Waals surface area contributed by atoms with Crippen molar-refractivity contribution in [2.45, 2.75) is 44.0 Å². The van der Waals surface area contributed by atoms with Gasteiger partial charge in [0.05, 0.1) is 4.90 Å². The summed E-state index contributed by atoms with van der Waals surface area (Å²) in [5.74, 6) is -0.191. The van der Waals surface area contributed by atoms with Crippen LogP contribution in [0.15, 0.2) is 29.2 Å². The van der Waals surface area contributed by atoms with Crippen molar-refractivity contribution in [3.8, 4) is 0 Å². The largest absolute Gasteiger partial charge is 0.351 e. The molecule has 1 atom stereocenters. The molecule has 134 valence electrons. The maximum absolute atomic E-state index is 12.7. The number of benzene rings is 1. The van der Waals surface area contributed by atoms with Gasteiger partial charge in [-0.3, -0.25) is 4.79 Å². The molecule has 0 saturated carbocycles. The van der Waals surface area contributed by atoms with E-state index in [1.54, 1.807) is 16.4 Å². The number of carbonyl (C=O) groups excluding carboxylic acids is 1. The lowest BCUT2D eigenvalue weighted by molar-refractivity contribution is 0.0954. The second kappa shape index (κ2) is 8.60. The van der Waals surface area contributed by atoms with Crippen molar-refractivity contribution in [1.82, 2.24) is 14.9 Å². The fraction of sp³-hybridized carbons (Fsp3) is 0.588. The molecule has 1 aromatic rings. The first-order valence-electron chi connectivity index (χ1n) is 8.57. The average molecular weight is 353 g/mol. The Morgan fingerprint density at radius 2 is 1.92 bits per heavy atom. The van der Waals surface area contributed by atoms with E-state index in [9.17, 15) is 13.2 Å². The Kier molecular flexibility index (Phi) is 6.77. The van der Waals surface area contributed by atoms with Crippen molar-refractivity contribution >= 4 is 15.9 Å². The molecule has 1 aromatic carbocycles. The summed E-state index contributed by atoms with van der Waals surface area (Å²) < 4.78 is 27.1. The quantitative estimate of drug-likeness (QED) is 0.730. The third-order valence-electron chi connectivity index (χ3n) is 4.30. The van der Waals surface area contributed by atoms with Gasteiger partial charge in [-0.05, 0) is 50.6 Å². The fourth-order valence-electron chi connectivity index (χ4n) is 2.89. The van der Waals surface area contributed by atoms with Crippen LogP contribution in [0.25, 0.3) is 0 Å². The average Bonchev–Trinajstić information content (AvgIpc) is 2.59. The second-order valence-corrected chi connectivity index (χ2v) is 7.98. The zero-order valence-electron chi connectivity index (χ0n) is 14.4. The monoisotopic (exact) mass is 353 g/mol. The highest BCUT2D eigenvalue weighted by Gasteiger charge is 2.30. The van der Waals surface area contributed by atoms with Crippen LogP contribution in [0.1, 0.15) is 43.5 Å². The summed E-state index contributed by atoms with van der Waals surface area (Å²) in [7, 11) is -3.49. The van der Waals surface area contributed by atoms with Gasteiger partial charge in [0.15, 0.2) is 0 Å². The van der Waals surface area contributed by atoms with E-state index in [-0.39, 0.29) is 16.8 Å². The zero-order valence-corrected chi connectivity index (χ0v) is 15.2. The van der Waals surface area contributed by atoms with E-state index < -0.39 is 10.0 Å². The number of rotatable bonds is 7. The third kappa shape index (κ3) is 4.55. The number of nitrogens with zero attached hydrogens (tertiary/aromatic N) is 1. The van der Waals surface area contributed by atoms with E-state index in [4.69, 9.17) is 0 Å². The number of likely N-dealkylation sites (N-methyl/N-ethyl adjacent to an activating group) is 1. The first kappa shape index (κ1) is 18.9. The van der Waals surface area contributed by atoms with Gasteiger partial charge < -0.3 is 10.6 Å². The Labute approximate surface area is 144 Å². The summed E-state index contributed by atoms with van der Waals surface area (Å²) in [6.07, 6.45) is 2.86. The van der Waals surface area contributed by atoms with Crippen molar-refractivity contribution in [2.24, 2.45) is 0 Å². The number of hydrogen-bond acceptors (Lipinski definition) is 4. The van der Waals surface area contributed by atoms with Crippen LogP contribution in [-0.2, 0) is 10.0 Å². The predicted molar refractivity (Wildman–Crippen MR) is 94.5 cm³/mol. The first-order chi connectivity index (χ1) is 11.5. The smallest absolute Gasteiger partial charge is 0.251 e. The molecule has 1 amide bonds. The fourth-order valence-corrected chi connectivity index (χ4v) is 4.59. The van der Waals surface area contributed by atoms with Gasteiger partial charge in [-0.2, -0.15) is 4.31 Å². The molecule has 1 aliphatic heterocycles. The second-order valence-electron chi connectivity index (χ2n) is 6.09. The highest BCUT2D eigenvalue weighted by atomic mass is 32.2. The van der Waals surface area contributed by atoms with Gasteiger partial charge in [-0.1, -0.05) is 13.3 Å². The topological polar surface area (TPSA) is 78.5 Å². The van der Waals surface area contributed by atoms with E-state index in [0.29, 0.717) is 25.2 Å². The minimum Gasteiger partial charge on any atom is -0.351 e. The lowest BCUT2D eigenvalue weighted by atomic mass is 10.1. The lowest BCUT2D eigenvalue weighted by Crippen LogP contribution is -2.41. The van der Waals surface area contributed by atoms with Crippen molar-refractivity contribution in [2.75, 3.05) is 26.2 Å². The standard InChI is InChI=1S/C17H27N3O3S/c1-3-18-11-12-19-17(21)15-7-9-16(10-8-15)24(22,23)20-13-5-4-6-14(20)2/h7-10,14,18H,3-6,11-13H2,1-2H3,(H,19,21). The molecule has 0 radical (unpaired) electrons. The molecular weight excluding hydrogens is 326 g/mol. The molecular formula is C17H27N3O3S. The molecule has 2 N–H and O–H groups in total. The predicted octanol–water partition coefficient (Wildman–Crippen LogP) is 1.59. The van der Waals surface area contributed by atoms with Gasteiger partial charge in [0.25, 0.3) is 5.91 Å². The Balaban J connectivity index is 2.04. The van der Waals surface area contributed by atoms with E-state index in [0.717, 1.165) is 25.8 Å². The molecule has 24 heavy (non-hydrogen) atoms. The summed E-state index contributed by atoms with van der Waals surface area (Å²) in [5, 5.41) is 5.93. The number of hydrogen-bond donors (Lipinski definition) is 2. The maximum atomic E-state index is 12.7. The van der Waals surface area contributed by atoms with Crippen molar-refractivity contribution in [3.63, 3.8) is 0 Å². The van der Waals surface area contributed by atoms with Crippen molar-refractivity contribution in [1.29, 1.82) is 0 Å². The minimum absolute atomic E-state index is 0.0257. The van der Waals surface area contributed by atoms with Gasteiger partial charge in [0.2, 0.25) is 10.0 Å². The Morgan fingerprint density at radius 3 is 2.54 bits per heavy atom. The molecule has 0 aromatic heterocycles. The Bertz CT molecular complexity index is 644. The van der Waals surface area contributed by atoms with Gasteiger partial charge in [0.1, 0.15) is 0 Å². The normalized spacial score (nSPS) is 19.2. The molecule has 1 unspecified atom stereocenters. The molecule has 1 aliphatic rings. The molecule has 1 saturated heterocycles. The summed E-state index contributed by atoms with van der Waals surface area (Å²) >= 11 is 0. The Morgan fingerprint density at radius 1 is 1.21 bits per heavy atom. The molecule has 6 nitrogen and oxygen atoms in total. The van der Waals surface area contributed by atoms with E-state index in [1.165, 1.54) is 12.1 Å². The van der Waals surface area contributed by atoms with Crippen LogP contribution in [-0.4, -0.2) is 50.9 Å². The van der Waals surface area contributed by atoms with Crippen LogP contribution in [0.5, 0.6) is 0 Å². The van der Waals surface area contributed by atoms with E-state index >= 15 is 0 Å². The highest BCUT2D eigenvalue weighted by Crippen LogP contribution is 2.25. The number of amides is 1. The maximum Gasteiger partial charge on any atom is 0.251 e. The van der Waals surface area contributed by atoms with E-state index in [2.05, 4.69) is 10.6 Å². The molecule has 1 fully saturated rings. The molecule has 1 heterocycles. The summed E-state index contributed by atoms with van der Waals surface area (Å²) in [6, 6.07) is 6.22. The third-order valence-corrected chi connectivity index (χ3v) is 6.33. The summed E-state index contributed by atoms with van der Waals surface area (Å²) in [5.41, 5.74) is 0.470. The van der Waals surface area contributed by atoms with Crippen LogP contribution >= 0.6 is 0 Å². The van der Waals surface area contributed by atoms with Gasteiger partial charge in [-0.25, -0.2) is 8.42 Å². The van der Waals surface area contributed by atoms with Crippen LogP contribution in [0.3, 0.4) is 0 Å². The molecule has 2 rings (SSSR count). The number of carbonyl (C=O) groups is 1. The zero-order chi connectivity index (χ0) is 17.6. The summed E-state index contributed by atoms with van der Waals surface area (Å²) in [6.45, 7) is 6.63. The van der Waals surface area contributed by atoms with Gasteiger partial charge >= 0.3 is 0 Å². The molecule has 0 spiro atoms. The number of piperidine rings is 1. The lowest BCUT2D eigenvalue weighted by Gasteiger charge is -2.32. The number of sulfonamides is 1. The van der Waals surface area contributed by atoms with Crippen LogP contribution < -0.4 is 10.6 Å². The van der Waals surface area contributed by atoms with Gasteiger partial charge in [-0.15, -0.1) is 0 Å². The Hall–Kier alpha value is -1.44. The molecule has 0 bridgehead atoms. The van der Waals surface area contributed by atoms with Crippen molar-refractivity contribution in [3.05, 3.63) is 29.8 Å². The van der Waals surface area contributed by atoms with Crippen molar-refractivity contribution < 1.29 is 13.2 Å². The van der Waals surface area contributed by atoms with Crippen LogP contribution in [0.4, 0.5) is 0 Å². The first-order valence-corrected chi connectivity index (χ1v) is 10.0. The van der Waals surface area contributed by atoms with Crippen LogP contribution in [0, 0.1) is 0 Å². The van der Waals surface area contributed by atoms with Crippen LogP contribution in [0.2, 0.25) is 0 Å². The number of nitrogens with one attached hydrogen (secondary N) is 2. The molecule has 0 aliphatic carbocycles. The molecule has 7 heteroatoms. The van der Waals surface area contributed by atoms with E-state index in [1.807, 2.05) is 13.8 Å². The summed E-state index contributed by atoms with van der Waals surface area (Å²) in [4.78, 5) is 12.3.